The predicted molar refractivity (Wildman–Crippen MR) is 92.9 cm³/mol. The van der Waals surface area contributed by atoms with E-state index in [4.69, 9.17) is 9.47 Å². The minimum absolute atomic E-state index is 0.0582. The molecule has 0 unspecified atom stereocenters. The van der Waals surface area contributed by atoms with Crippen LogP contribution in [-0.4, -0.2) is 26.0 Å². The lowest BCUT2D eigenvalue weighted by molar-refractivity contribution is -0.115. The minimum Gasteiger partial charge on any atom is -0.493 e. The highest BCUT2D eigenvalue weighted by atomic mass is 16.5. The van der Waals surface area contributed by atoms with Gasteiger partial charge in [-0.3, -0.25) is 9.59 Å². The zero-order chi connectivity index (χ0) is 17.5. The van der Waals surface area contributed by atoms with E-state index in [2.05, 4.69) is 10.6 Å². The molecule has 0 spiro atoms. The molecule has 2 aromatic rings. The van der Waals surface area contributed by atoms with Crippen molar-refractivity contribution in [2.45, 2.75) is 13.3 Å². The summed E-state index contributed by atoms with van der Waals surface area (Å²) in [6.07, 6.45) is 0.414. The largest absolute Gasteiger partial charge is 0.493 e. The van der Waals surface area contributed by atoms with Crippen molar-refractivity contribution in [3.05, 3.63) is 48.0 Å². The third kappa shape index (κ3) is 4.25. The number of amides is 2. The van der Waals surface area contributed by atoms with Crippen LogP contribution in [0, 0.1) is 0 Å². The maximum absolute atomic E-state index is 12.3. The highest BCUT2D eigenvalue weighted by molar-refractivity contribution is 6.04. The van der Waals surface area contributed by atoms with E-state index >= 15 is 0 Å². The molecule has 24 heavy (non-hydrogen) atoms. The number of nitrogens with one attached hydrogen (secondary N) is 2. The van der Waals surface area contributed by atoms with Crippen LogP contribution in [0.15, 0.2) is 42.5 Å². The number of rotatable bonds is 6. The number of carbonyl (C=O) groups excluding carboxylic acids is 2. The molecule has 0 aliphatic rings. The normalized spacial score (nSPS) is 9.96. The Balaban J connectivity index is 2.08. The molecule has 0 aliphatic carbocycles. The van der Waals surface area contributed by atoms with Gasteiger partial charge < -0.3 is 20.1 Å². The molecule has 6 heteroatoms. The SMILES string of the molecule is CCC(=O)Nc1ccc(NC(=O)c2ccc(OC)c(OC)c2)cc1. The van der Waals surface area contributed by atoms with Crippen LogP contribution in [0.2, 0.25) is 0 Å². The van der Waals surface area contributed by atoms with E-state index in [0.29, 0.717) is 34.9 Å². The maximum Gasteiger partial charge on any atom is 0.255 e. The average molecular weight is 328 g/mol. The quantitative estimate of drug-likeness (QED) is 0.853. The first-order chi connectivity index (χ1) is 11.6. The fourth-order valence-electron chi connectivity index (χ4n) is 2.07. The van der Waals surface area contributed by atoms with Crippen LogP contribution in [0.4, 0.5) is 11.4 Å². The Labute approximate surface area is 140 Å². The highest BCUT2D eigenvalue weighted by Gasteiger charge is 2.11. The number of hydrogen-bond acceptors (Lipinski definition) is 4. The topological polar surface area (TPSA) is 76.7 Å². The Kier molecular flexibility index (Phi) is 5.78. The van der Waals surface area contributed by atoms with Gasteiger partial charge in [-0.2, -0.15) is 0 Å². The van der Waals surface area contributed by atoms with Gasteiger partial charge in [0.2, 0.25) is 5.91 Å². The van der Waals surface area contributed by atoms with Crippen molar-refractivity contribution in [2.24, 2.45) is 0 Å². The van der Waals surface area contributed by atoms with E-state index in [9.17, 15) is 9.59 Å². The summed E-state index contributed by atoms with van der Waals surface area (Å²) in [4.78, 5) is 23.7. The van der Waals surface area contributed by atoms with Gasteiger partial charge in [-0.05, 0) is 42.5 Å². The molecule has 0 bridgehead atoms. The van der Waals surface area contributed by atoms with Crippen molar-refractivity contribution in [1.29, 1.82) is 0 Å². The van der Waals surface area contributed by atoms with Crippen LogP contribution < -0.4 is 20.1 Å². The van der Waals surface area contributed by atoms with Gasteiger partial charge in [-0.25, -0.2) is 0 Å². The molecule has 0 atom stereocenters. The van der Waals surface area contributed by atoms with Crippen LogP contribution in [0.3, 0.4) is 0 Å². The van der Waals surface area contributed by atoms with Crippen molar-refractivity contribution in [2.75, 3.05) is 24.9 Å². The third-order valence-corrected chi connectivity index (χ3v) is 3.39. The first kappa shape index (κ1) is 17.3. The molecule has 0 radical (unpaired) electrons. The van der Waals surface area contributed by atoms with Gasteiger partial charge in [0.15, 0.2) is 11.5 Å². The molecule has 0 saturated heterocycles. The lowest BCUT2D eigenvalue weighted by atomic mass is 10.1. The van der Waals surface area contributed by atoms with Crippen molar-refractivity contribution < 1.29 is 19.1 Å². The summed E-state index contributed by atoms with van der Waals surface area (Å²) in [5.41, 5.74) is 1.77. The molecule has 0 heterocycles. The van der Waals surface area contributed by atoms with Crippen molar-refractivity contribution in [3.63, 3.8) is 0 Å². The Morgan fingerprint density at radius 3 is 2.00 bits per heavy atom. The van der Waals surface area contributed by atoms with Gasteiger partial charge in [-0.15, -0.1) is 0 Å². The maximum atomic E-state index is 12.3. The van der Waals surface area contributed by atoms with Crippen LogP contribution in [0.25, 0.3) is 0 Å². The average Bonchev–Trinajstić information content (AvgIpc) is 2.62. The summed E-state index contributed by atoms with van der Waals surface area (Å²) in [6.45, 7) is 1.78. The lowest BCUT2D eigenvalue weighted by Gasteiger charge is -2.10. The summed E-state index contributed by atoms with van der Waals surface area (Å²) >= 11 is 0. The van der Waals surface area contributed by atoms with Crippen LogP contribution in [-0.2, 0) is 4.79 Å². The smallest absolute Gasteiger partial charge is 0.255 e. The Morgan fingerprint density at radius 2 is 1.46 bits per heavy atom. The summed E-state index contributed by atoms with van der Waals surface area (Å²) in [5, 5.41) is 5.54. The third-order valence-electron chi connectivity index (χ3n) is 3.39. The summed E-state index contributed by atoms with van der Waals surface area (Å²) in [5.74, 6) is 0.728. The lowest BCUT2D eigenvalue weighted by Crippen LogP contribution is -2.12. The molecule has 2 rings (SSSR count). The molecule has 0 saturated carbocycles. The molecule has 6 nitrogen and oxygen atoms in total. The first-order valence-electron chi connectivity index (χ1n) is 7.50. The second-order valence-corrected chi connectivity index (χ2v) is 5.00. The monoisotopic (exact) mass is 328 g/mol. The first-order valence-corrected chi connectivity index (χ1v) is 7.50. The van der Waals surface area contributed by atoms with Gasteiger partial charge in [0.1, 0.15) is 0 Å². The van der Waals surface area contributed by atoms with E-state index in [1.165, 1.54) is 14.2 Å². The number of anilines is 2. The Morgan fingerprint density at radius 1 is 0.875 bits per heavy atom. The van der Waals surface area contributed by atoms with E-state index < -0.39 is 0 Å². The van der Waals surface area contributed by atoms with Crippen molar-refractivity contribution in [3.8, 4) is 11.5 Å². The standard InChI is InChI=1S/C18H20N2O4/c1-4-17(21)19-13-6-8-14(9-7-13)20-18(22)12-5-10-15(23-2)16(11-12)24-3/h5-11H,4H2,1-3H3,(H,19,21)(H,20,22). The molecule has 0 aromatic heterocycles. The number of benzene rings is 2. The molecule has 0 aliphatic heterocycles. The predicted octanol–water partition coefficient (Wildman–Crippen LogP) is 3.30. The number of hydrogen-bond donors (Lipinski definition) is 2. The van der Waals surface area contributed by atoms with Gasteiger partial charge in [0.25, 0.3) is 5.91 Å². The molecule has 0 fully saturated rings. The number of ether oxygens (including phenoxy) is 2. The number of carbonyl (C=O) groups is 2. The highest BCUT2D eigenvalue weighted by Crippen LogP contribution is 2.28. The molecule has 2 N–H and O–H groups in total. The van der Waals surface area contributed by atoms with E-state index in [0.717, 1.165) is 0 Å². The van der Waals surface area contributed by atoms with Gasteiger partial charge >= 0.3 is 0 Å². The second kappa shape index (κ2) is 8.01. The van der Waals surface area contributed by atoms with Crippen LogP contribution >= 0.6 is 0 Å². The Hall–Kier alpha value is -3.02. The van der Waals surface area contributed by atoms with Gasteiger partial charge in [0.05, 0.1) is 14.2 Å². The zero-order valence-corrected chi connectivity index (χ0v) is 13.9. The van der Waals surface area contributed by atoms with E-state index in [1.807, 2.05) is 0 Å². The van der Waals surface area contributed by atoms with E-state index in [-0.39, 0.29) is 11.8 Å². The molecule has 2 aromatic carbocycles. The molecular weight excluding hydrogens is 308 g/mol. The minimum atomic E-state index is -0.263. The van der Waals surface area contributed by atoms with E-state index in [1.54, 1.807) is 49.4 Å². The Bertz CT molecular complexity index is 726. The van der Waals surface area contributed by atoms with Crippen LogP contribution in [0.1, 0.15) is 23.7 Å². The number of methoxy groups -OCH3 is 2. The van der Waals surface area contributed by atoms with Gasteiger partial charge in [0, 0.05) is 23.4 Å². The zero-order valence-electron chi connectivity index (χ0n) is 13.9. The summed E-state index contributed by atoms with van der Waals surface area (Å²) in [6, 6.07) is 11.9. The summed E-state index contributed by atoms with van der Waals surface area (Å²) < 4.78 is 10.3. The molecule has 126 valence electrons. The summed E-state index contributed by atoms with van der Waals surface area (Å²) in [7, 11) is 3.05. The van der Waals surface area contributed by atoms with Crippen molar-refractivity contribution >= 4 is 23.2 Å². The van der Waals surface area contributed by atoms with Gasteiger partial charge in [-0.1, -0.05) is 6.92 Å². The second-order valence-electron chi connectivity index (χ2n) is 5.00. The fourth-order valence-corrected chi connectivity index (χ4v) is 2.07. The van der Waals surface area contributed by atoms with Crippen molar-refractivity contribution in [1.82, 2.24) is 0 Å². The molecule has 2 amide bonds. The van der Waals surface area contributed by atoms with Crippen LogP contribution in [0.5, 0.6) is 11.5 Å². The fraction of sp³-hybridized carbons (Fsp3) is 0.222. The molecular formula is C18H20N2O4.